The minimum absolute atomic E-state index is 0.148. The van der Waals surface area contributed by atoms with Gasteiger partial charge in [0.1, 0.15) is 17.4 Å². The van der Waals surface area contributed by atoms with Gasteiger partial charge in [0.15, 0.2) is 0 Å². The molecular weight excluding hydrogens is 520 g/mol. The molecule has 9 nitrogen and oxygen atoms in total. The summed E-state index contributed by atoms with van der Waals surface area (Å²) < 4.78 is 11.4. The van der Waals surface area contributed by atoms with E-state index < -0.39 is 24.0 Å². The number of carbonyl (C=O) groups excluding carboxylic acids is 3. The highest BCUT2D eigenvalue weighted by Crippen LogP contribution is 2.34. The number of benzene rings is 2. The highest BCUT2D eigenvalue weighted by molar-refractivity contribution is 6.08. The van der Waals surface area contributed by atoms with Crippen molar-refractivity contribution in [3.8, 4) is 11.5 Å². The molecule has 0 saturated carbocycles. The number of esters is 1. The van der Waals surface area contributed by atoms with Crippen LogP contribution in [-0.4, -0.2) is 64.6 Å². The quantitative estimate of drug-likeness (QED) is 0.290. The number of nitrogens with zero attached hydrogens (tertiary/aromatic N) is 4. The van der Waals surface area contributed by atoms with Crippen LogP contribution in [0.5, 0.6) is 11.5 Å². The minimum atomic E-state index is -0.777. The van der Waals surface area contributed by atoms with E-state index in [-0.39, 0.29) is 18.6 Å². The van der Waals surface area contributed by atoms with Gasteiger partial charge in [-0.1, -0.05) is 24.3 Å². The third kappa shape index (κ3) is 7.36. The normalized spacial score (nSPS) is 16.8. The molecule has 0 saturated heterocycles. The lowest BCUT2D eigenvalue weighted by molar-refractivity contribution is -0.151. The summed E-state index contributed by atoms with van der Waals surface area (Å²) in [5.74, 6) is -0.0182. The van der Waals surface area contributed by atoms with Crippen molar-refractivity contribution in [2.45, 2.75) is 46.3 Å². The first kappa shape index (κ1) is 29.5. The number of aryl methyl sites for hydroxylation is 1. The second kappa shape index (κ2) is 13.2. The molecule has 2 aromatic carbocycles. The zero-order valence-electron chi connectivity index (χ0n) is 24.1. The Hall–Kier alpha value is -4.53. The van der Waals surface area contributed by atoms with Crippen molar-refractivity contribution < 1.29 is 23.9 Å². The SMILES string of the molecule is CC1=NC(=O)N(CCCN(C)C(=O)c2ccc(Oc3ccccc3)cc2)C(c2cccc(C)n2)C1C(=O)OC(C)C. The molecule has 41 heavy (non-hydrogen) atoms. The largest absolute Gasteiger partial charge is 0.462 e. The van der Waals surface area contributed by atoms with E-state index in [9.17, 15) is 14.4 Å². The lowest BCUT2D eigenvalue weighted by atomic mass is 9.89. The first-order valence-corrected chi connectivity index (χ1v) is 13.7. The monoisotopic (exact) mass is 556 g/mol. The van der Waals surface area contributed by atoms with Crippen molar-refractivity contribution in [2.75, 3.05) is 20.1 Å². The molecule has 3 aromatic rings. The van der Waals surface area contributed by atoms with Gasteiger partial charge in [-0.3, -0.25) is 14.6 Å². The molecule has 0 N–H and O–H groups in total. The summed E-state index contributed by atoms with van der Waals surface area (Å²) in [5, 5.41) is 0. The van der Waals surface area contributed by atoms with Crippen LogP contribution in [0.3, 0.4) is 0 Å². The summed E-state index contributed by atoms with van der Waals surface area (Å²) in [6.45, 7) is 7.78. The molecule has 2 heterocycles. The van der Waals surface area contributed by atoms with Gasteiger partial charge in [0.25, 0.3) is 5.91 Å². The Morgan fingerprint density at radius 2 is 1.63 bits per heavy atom. The van der Waals surface area contributed by atoms with Crippen LogP contribution in [0.15, 0.2) is 77.8 Å². The maximum atomic E-state index is 13.2. The molecule has 3 amide bonds. The van der Waals surface area contributed by atoms with E-state index in [0.29, 0.717) is 41.4 Å². The van der Waals surface area contributed by atoms with Crippen LogP contribution in [-0.2, 0) is 9.53 Å². The van der Waals surface area contributed by atoms with Crippen LogP contribution in [0.1, 0.15) is 55.0 Å². The highest BCUT2D eigenvalue weighted by Gasteiger charge is 2.44. The molecule has 0 aliphatic carbocycles. The summed E-state index contributed by atoms with van der Waals surface area (Å²) in [7, 11) is 1.72. The average Bonchev–Trinajstić information content (AvgIpc) is 2.94. The lowest BCUT2D eigenvalue weighted by Crippen LogP contribution is -2.48. The molecule has 0 radical (unpaired) electrons. The van der Waals surface area contributed by atoms with Crippen LogP contribution in [0.4, 0.5) is 4.79 Å². The molecule has 4 rings (SSSR count). The van der Waals surface area contributed by atoms with Crippen molar-refractivity contribution in [2.24, 2.45) is 10.9 Å². The Morgan fingerprint density at radius 1 is 0.951 bits per heavy atom. The fourth-order valence-corrected chi connectivity index (χ4v) is 4.80. The topological polar surface area (TPSA) is 101 Å². The van der Waals surface area contributed by atoms with Gasteiger partial charge in [0.05, 0.1) is 17.8 Å². The van der Waals surface area contributed by atoms with E-state index in [4.69, 9.17) is 9.47 Å². The minimum Gasteiger partial charge on any atom is -0.462 e. The molecular formula is C32H36N4O5. The van der Waals surface area contributed by atoms with Crippen LogP contribution < -0.4 is 4.74 Å². The van der Waals surface area contributed by atoms with Crippen LogP contribution in [0.2, 0.25) is 0 Å². The Bertz CT molecular complexity index is 1410. The zero-order chi connectivity index (χ0) is 29.5. The molecule has 1 aromatic heterocycles. The molecule has 2 atom stereocenters. The van der Waals surface area contributed by atoms with Gasteiger partial charge in [-0.25, -0.2) is 9.79 Å². The Kier molecular flexibility index (Phi) is 9.49. The Morgan fingerprint density at radius 3 is 2.29 bits per heavy atom. The van der Waals surface area contributed by atoms with E-state index in [1.165, 1.54) is 0 Å². The van der Waals surface area contributed by atoms with E-state index >= 15 is 0 Å². The average molecular weight is 557 g/mol. The van der Waals surface area contributed by atoms with E-state index in [1.807, 2.05) is 55.5 Å². The molecule has 0 fully saturated rings. The molecule has 2 unspecified atom stereocenters. The molecule has 1 aliphatic heterocycles. The molecule has 0 bridgehead atoms. The lowest BCUT2D eigenvalue weighted by Gasteiger charge is -2.38. The predicted molar refractivity (Wildman–Crippen MR) is 156 cm³/mol. The van der Waals surface area contributed by atoms with Crippen molar-refractivity contribution in [1.29, 1.82) is 0 Å². The summed E-state index contributed by atoms with van der Waals surface area (Å²) in [5.41, 5.74) is 2.30. The Balaban J connectivity index is 1.44. The summed E-state index contributed by atoms with van der Waals surface area (Å²) in [6.07, 6.45) is 0.164. The maximum absolute atomic E-state index is 13.2. The number of aliphatic imine (C=N–C) groups is 1. The fraction of sp³-hybridized carbons (Fsp3) is 0.344. The molecule has 1 aliphatic rings. The number of pyridine rings is 1. The van der Waals surface area contributed by atoms with Crippen molar-refractivity contribution >= 4 is 23.6 Å². The summed E-state index contributed by atoms with van der Waals surface area (Å²) >= 11 is 0. The van der Waals surface area contributed by atoms with E-state index in [1.54, 1.807) is 61.9 Å². The molecule has 214 valence electrons. The second-order valence-corrected chi connectivity index (χ2v) is 10.4. The number of hydrogen-bond donors (Lipinski definition) is 0. The van der Waals surface area contributed by atoms with Crippen molar-refractivity contribution in [1.82, 2.24) is 14.8 Å². The van der Waals surface area contributed by atoms with Crippen LogP contribution in [0, 0.1) is 12.8 Å². The molecule has 9 heteroatoms. The second-order valence-electron chi connectivity index (χ2n) is 10.4. The van der Waals surface area contributed by atoms with Gasteiger partial charge < -0.3 is 19.3 Å². The van der Waals surface area contributed by atoms with Crippen LogP contribution in [0.25, 0.3) is 0 Å². The zero-order valence-corrected chi connectivity index (χ0v) is 24.1. The van der Waals surface area contributed by atoms with Gasteiger partial charge in [-0.05, 0) is 82.6 Å². The predicted octanol–water partition coefficient (Wildman–Crippen LogP) is 5.85. The number of carbonyl (C=O) groups is 3. The smallest absolute Gasteiger partial charge is 0.344 e. The third-order valence-electron chi connectivity index (χ3n) is 6.76. The van der Waals surface area contributed by atoms with Gasteiger partial charge in [0, 0.05) is 37.1 Å². The van der Waals surface area contributed by atoms with E-state index in [2.05, 4.69) is 9.98 Å². The molecule has 0 spiro atoms. The number of aromatic nitrogens is 1. The standard InChI is InChI=1S/C32H36N4O5/c1-21(2)40-31(38)28-23(4)34-32(39)36(29(28)27-14-9-11-22(3)33-27)20-10-19-35(5)30(37)24-15-17-26(18-16-24)41-25-12-7-6-8-13-25/h6-9,11-18,21,28-29H,10,19-20H2,1-5H3. The van der Waals surface area contributed by atoms with Crippen molar-refractivity contribution in [3.63, 3.8) is 0 Å². The summed E-state index contributed by atoms with van der Waals surface area (Å²) in [6, 6.07) is 20.8. The first-order chi connectivity index (χ1) is 19.6. The number of ether oxygens (including phenoxy) is 2. The first-order valence-electron chi connectivity index (χ1n) is 13.7. The number of hydrogen-bond acceptors (Lipinski definition) is 6. The van der Waals surface area contributed by atoms with E-state index in [0.717, 1.165) is 5.69 Å². The number of urea groups is 1. The van der Waals surface area contributed by atoms with Gasteiger partial charge in [-0.2, -0.15) is 0 Å². The number of para-hydroxylation sites is 1. The highest BCUT2D eigenvalue weighted by atomic mass is 16.5. The number of rotatable bonds is 10. The summed E-state index contributed by atoms with van der Waals surface area (Å²) in [4.78, 5) is 51.4. The van der Waals surface area contributed by atoms with Crippen molar-refractivity contribution in [3.05, 3.63) is 89.7 Å². The van der Waals surface area contributed by atoms with Gasteiger partial charge in [0.2, 0.25) is 0 Å². The Labute approximate surface area is 240 Å². The van der Waals surface area contributed by atoms with Gasteiger partial charge in [-0.15, -0.1) is 0 Å². The van der Waals surface area contributed by atoms with Gasteiger partial charge >= 0.3 is 12.0 Å². The van der Waals surface area contributed by atoms with Crippen LogP contribution >= 0.6 is 0 Å². The number of amides is 3. The third-order valence-corrected chi connectivity index (χ3v) is 6.76. The maximum Gasteiger partial charge on any atom is 0.344 e. The fourth-order valence-electron chi connectivity index (χ4n) is 4.80.